The SMILES string of the molecule is C[C@@H](NC(=O)NCc1ccco1)[C@H]1CCCO1. The summed E-state index contributed by atoms with van der Waals surface area (Å²) in [6, 6.07) is 3.46. The average Bonchev–Trinajstić information content (AvgIpc) is 2.99. The summed E-state index contributed by atoms with van der Waals surface area (Å²) in [4.78, 5) is 11.6. The molecule has 1 aliphatic rings. The van der Waals surface area contributed by atoms with Crippen molar-refractivity contribution in [2.45, 2.75) is 38.5 Å². The molecule has 17 heavy (non-hydrogen) atoms. The van der Waals surface area contributed by atoms with Gasteiger partial charge < -0.3 is 19.8 Å². The molecule has 2 atom stereocenters. The second kappa shape index (κ2) is 5.72. The van der Waals surface area contributed by atoms with Crippen LogP contribution in [0.25, 0.3) is 0 Å². The van der Waals surface area contributed by atoms with Crippen LogP contribution in [0, 0.1) is 0 Å². The molecule has 5 nitrogen and oxygen atoms in total. The Morgan fingerprint density at radius 1 is 1.65 bits per heavy atom. The zero-order chi connectivity index (χ0) is 12.1. The van der Waals surface area contributed by atoms with Crippen LogP contribution in [0.1, 0.15) is 25.5 Å². The smallest absolute Gasteiger partial charge is 0.315 e. The molecule has 0 bridgehead atoms. The van der Waals surface area contributed by atoms with Gasteiger partial charge in [0.2, 0.25) is 0 Å². The number of furan rings is 1. The van der Waals surface area contributed by atoms with E-state index in [1.165, 1.54) is 0 Å². The minimum absolute atomic E-state index is 0.0362. The first kappa shape index (κ1) is 12.0. The van der Waals surface area contributed by atoms with Crippen molar-refractivity contribution in [3.8, 4) is 0 Å². The molecule has 0 aliphatic carbocycles. The topological polar surface area (TPSA) is 63.5 Å². The van der Waals surface area contributed by atoms with Gasteiger partial charge in [-0.3, -0.25) is 0 Å². The fourth-order valence-electron chi connectivity index (χ4n) is 1.93. The van der Waals surface area contributed by atoms with Gasteiger partial charge in [0.25, 0.3) is 0 Å². The highest BCUT2D eigenvalue weighted by Gasteiger charge is 2.23. The molecule has 0 unspecified atom stereocenters. The molecular formula is C12H18N2O3. The van der Waals surface area contributed by atoms with Crippen LogP contribution in [0.5, 0.6) is 0 Å². The lowest BCUT2D eigenvalue weighted by atomic mass is 10.1. The van der Waals surface area contributed by atoms with E-state index in [-0.39, 0.29) is 18.2 Å². The number of ether oxygens (including phenoxy) is 1. The van der Waals surface area contributed by atoms with Crippen molar-refractivity contribution in [3.63, 3.8) is 0 Å². The maximum Gasteiger partial charge on any atom is 0.315 e. The molecular weight excluding hydrogens is 220 g/mol. The van der Waals surface area contributed by atoms with Crippen molar-refractivity contribution in [2.24, 2.45) is 0 Å². The molecule has 1 aromatic rings. The highest BCUT2D eigenvalue weighted by Crippen LogP contribution is 2.15. The largest absolute Gasteiger partial charge is 0.467 e. The monoisotopic (exact) mass is 238 g/mol. The van der Waals surface area contributed by atoms with E-state index in [1.807, 2.05) is 13.0 Å². The molecule has 0 spiro atoms. The Bertz CT molecular complexity index is 345. The molecule has 0 aromatic carbocycles. The van der Waals surface area contributed by atoms with Gasteiger partial charge in [-0.15, -0.1) is 0 Å². The van der Waals surface area contributed by atoms with Gasteiger partial charge in [0.05, 0.1) is 25.0 Å². The number of amides is 2. The van der Waals surface area contributed by atoms with Gasteiger partial charge in [-0.1, -0.05) is 0 Å². The summed E-state index contributed by atoms with van der Waals surface area (Å²) in [5, 5.41) is 5.61. The zero-order valence-corrected chi connectivity index (χ0v) is 9.94. The lowest BCUT2D eigenvalue weighted by molar-refractivity contribution is 0.0860. The van der Waals surface area contributed by atoms with Crippen LogP contribution in [0.15, 0.2) is 22.8 Å². The summed E-state index contributed by atoms with van der Waals surface area (Å²) < 4.78 is 10.6. The second-order valence-corrected chi connectivity index (χ2v) is 4.25. The number of hydrogen-bond donors (Lipinski definition) is 2. The quantitative estimate of drug-likeness (QED) is 0.838. The summed E-state index contributed by atoms with van der Waals surface area (Å²) in [6.45, 7) is 3.16. The van der Waals surface area contributed by atoms with Crippen molar-refractivity contribution < 1.29 is 13.9 Å². The Morgan fingerprint density at radius 3 is 3.18 bits per heavy atom. The molecule has 2 heterocycles. The number of carbonyl (C=O) groups excluding carboxylic acids is 1. The molecule has 94 valence electrons. The molecule has 1 aliphatic heterocycles. The minimum Gasteiger partial charge on any atom is -0.467 e. The number of hydrogen-bond acceptors (Lipinski definition) is 3. The molecule has 1 saturated heterocycles. The molecule has 5 heteroatoms. The summed E-state index contributed by atoms with van der Waals surface area (Å²) in [5.41, 5.74) is 0. The van der Waals surface area contributed by atoms with Crippen molar-refractivity contribution in [1.29, 1.82) is 0 Å². The van der Waals surface area contributed by atoms with E-state index in [2.05, 4.69) is 10.6 Å². The van der Waals surface area contributed by atoms with Crippen LogP contribution in [0.2, 0.25) is 0 Å². The Balaban J connectivity index is 1.69. The van der Waals surface area contributed by atoms with Crippen molar-refractivity contribution in [2.75, 3.05) is 6.61 Å². The predicted octanol–water partition coefficient (Wildman–Crippen LogP) is 1.65. The summed E-state index contributed by atoms with van der Waals surface area (Å²) in [7, 11) is 0. The fraction of sp³-hybridized carbons (Fsp3) is 0.583. The van der Waals surface area contributed by atoms with Crippen LogP contribution in [-0.4, -0.2) is 24.8 Å². The number of rotatable bonds is 4. The molecule has 0 saturated carbocycles. The third kappa shape index (κ3) is 3.49. The van der Waals surface area contributed by atoms with E-state index < -0.39 is 0 Å². The second-order valence-electron chi connectivity index (χ2n) is 4.25. The van der Waals surface area contributed by atoms with Crippen molar-refractivity contribution in [3.05, 3.63) is 24.2 Å². The van der Waals surface area contributed by atoms with Crippen LogP contribution >= 0.6 is 0 Å². The third-order valence-electron chi connectivity index (χ3n) is 2.88. The Hall–Kier alpha value is -1.49. The highest BCUT2D eigenvalue weighted by atomic mass is 16.5. The van der Waals surface area contributed by atoms with Crippen molar-refractivity contribution in [1.82, 2.24) is 10.6 Å². The Kier molecular flexibility index (Phi) is 4.03. The van der Waals surface area contributed by atoms with Gasteiger partial charge in [-0.2, -0.15) is 0 Å². The van der Waals surface area contributed by atoms with Gasteiger partial charge in [-0.25, -0.2) is 4.79 Å². The zero-order valence-electron chi connectivity index (χ0n) is 9.94. The maximum atomic E-state index is 11.6. The van der Waals surface area contributed by atoms with E-state index in [1.54, 1.807) is 12.3 Å². The maximum absolute atomic E-state index is 11.6. The molecule has 2 N–H and O–H groups in total. The van der Waals surface area contributed by atoms with Gasteiger partial charge in [0.15, 0.2) is 0 Å². The number of nitrogens with one attached hydrogen (secondary N) is 2. The Labute approximate surface area is 101 Å². The van der Waals surface area contributed by atoms with Crippen LogP contribution in [0.4, 0.5) is 4.79 Å². The number of urea groups is 1. The first-order valence-corrected chi connectivity index (χ1v) is 5.94. The average molecular weight is 238 g/mol. The molecule has 2 amide bonds. The third-order valence-corrected chi connectivity index (χ3v) is 2.88. The van der Waals surface area contributed by atoms with Gasteiger partial charge in [0.1, 0.15) is 5.76 Å². The minimum atomic E-state index is -0.190. The summed E-state index contributed by atoms with van der Waals surface area (Å²) in [6.07, 6.45) is 3.82. The van der Waals surface area contributed by atoms with Crippen LogP contribution in [-0.2, 0) is 11.3 Å². The van der Waals surface area contributed by atoms with Gasteiger partial charge in [-0.05, 0) is 31.9 Å². The fourth-order valence-corrected chi connectivity index (χ4v) is 1.93. The molecule has 0 radical (unpaired) electrons. The molecule has 1 aromatic heterocycles. The standard InChI is InChI=1S/C12H18N2O3/c1-9(11-5-3-7-17-11)14-12(15)13-8-10-4-2-6-16-10/h2,4,6,9,11H,3,5,7-8H2,1H3,(H2,13,14,15)/t9-,11-/m1/s1. The van der Waals surface area contributed by atoms with Crippen molar-refractivity contribution >= 4 is 6.03 Å². The van der Waals surface area contributed by atoms with Gasteiger partial charge >= 0.3 is 6.03 Å². The van der Waals surface area contributed by atoms with Crippen LogP contribution in [0.3, 0.4) is 0 Å². The van der Waals surface area contributed by atoms with Gasteiger partial charge in [0, 0.05) is 6.61 Å². The first-order valence-electron chi connectivity index (χ1n) is 5.94. The molecule has 2 rings (SSSR count). The van der Waals surface area contributed by atoms with E-state index >= 15 is 0 Å². The summed E-state index contributed by atoms with van der Waals surface area (Å²) in [5.74, 6) is 0.741. The van der Waals surface area contributed by atoms with E-state index in [9.17, 15) is 4.79 Å². The normalized spacial score (nSPS) is 21.1. The van der Waals surface area contributed by atoms with Crippen LogP contribution < -0.4 is 10.6 Å². The first-order chi connectivity index (χ1) is 8.25. The lowest BCUT2D eigenvalue weighted by Crippen LogP contribution is -2.45. The van der Waals surface area contributed by atoms with E-state index in [0.29, 0.717) is 6.54 Å². The van der Waals surface area contributed by atoms with E-state index in [4.69, 9.17) is 9.15 Å². The summed E-state index contributed by atoms with van der Waals surface area (Å²) >= 11 is 0. The predicted molar refractivity (Wildman–Crippen MR) is 62.5 cm³/mol. The lowest BCUT2D eigenvalue weighted by Gasteiger charge is -2.19. The molecule has 1 fully saturated rings. The van der Waals surface area contributed by atoms with E-state index in [0.717, 1.165) is 25.2 Å². The Morgan fingerprint density at radius 2 is 2.53 bits per heavy atom. The highest BCUT2D eigenvalue weighted by molar-refractivity contribution is 5.74. The number of carbonyl (C=O) groups is 1.